The molecule has 0 saturated carbocycles. The first kappa shape index (κ1) is 9.71. The fraction of sp³-hybridized carbons (Fsp3) is 0.250. The van der Waals surface area contributed by atoms with Gasteiger partial charge in [-0.05, 0) is 17.7 Å². The van der Waals surface area contributed by atoms with Crippen LogP contribution in [0.4, 0.5) is 5.69 Å². The van der Waals surface area contributed by atoms with Gasteiger partial charge in [0.05, 0.1) is 0 Å². The molecule has 0 aromatic heterocycles. The van der Waals surface area contributed by atoms with E-state index in [1.807, 2.05) is 24.5 Å². The molecule has 0 atom stereocenters. The van der Waals surface area contributed by atoms with Crippen molar-refractivity contribution in [3.05, 3.63) is 28.8 Å². The zero-order chi connectivity index (χ0) is 8.97. The number of hydrogen-bond acceptors (Lipinski definition) is 3. The molecule has 0 aliphatic heterocycles. The van der Waals surface area contributed by atoms with Gasteiger partial charge in [0.2, 0.25) is 0 Å². The second kappa shape index (κ2) is 4.60. The van der Waals surface area contributed by atoms with Gasteiger partial charge >= 0.3 is 0 Å². The molecule has 2 nitrogen and oxygen atoms in total. The Morgan fingerprint density at radius 3 is 2.83 bits per heavy atom. The van der Waals surface area contributed by atoms with Crippen LogP contribution in [0.3, 0.4) is 0 Å². The quantitative estimate of drug-likeness (QED) is 0.740. The fourth-order valence-corrected chi connectivity index (χ4v) is 1.51. The summed E-state index contributed by atoms with van der Waals surface area (Å²) >= 11 is 7.47. The summed E-state index contributed by atoms with van der Waals surface area (Å²) in [4.78, 5) is 0. The average Bonchev–Trinajstić information content (AvgIpc) is 2.05. The van der Waals surface area contributed by atoms with Crippen LogP contribution >= 0.6 is 23.5 Å². The van der Waals surface area contributed by atoms with Crippen molar-refractivity contribution in [2.24, 2.45) is 5.73 Å². The van der Waals surface area contributed by atoms with Gasteiger partial charge in [0.15, 0.2) is 0 Å². The zero-order valence-electron chi connectivity index (χ0n) is 6.80. The molecule has 0 amide bonds. The van der Waals surface area contributed by atoms with Crippen LogP contribution < -0.4 is 10.5 Å². The standard InChI is InChI=1S/C8H11ClN2S/c1-12-11-7-3-2-6(5-10)8(9)4-7/h2-4,11H,5,10H2,1H3. The van der Waals surface area contributed by atoms with Gasteiger partial charge < -0.3 is 10.5 Å². The maximum atomic E-state index is 5.94. The first-order valence-electron chi connectivity index (χ1n) is 3.55. The second-order valence-electron chi connectivity index (χ2n) is 2.32. The van der Waals surface area contributed by atoms with Crippen LogP contribution in [0.5, 0.6) is 0 Å². The molecular formula is C8H11ClN2S. The number of benzene rings is 1. The molecule has 0 saturated heterocycles. The van der Waals surface area contributed by atoms with Crippen molar-refractivity contribution in [1.29, 1.82) is 0 Å². The van der Waals surface area contributed by atoms with E-state index in [9.17, 15) is 0 Å². The Kier molecular flexibility index (Phi) is 3.72. The third-order valence-electron chi connectivity index (χ3n) is 1.49. The van der Waals surface area contributed by atoms with E-state index in [0.717, 1.165) is 16.3 Å². The van der Waals surface area contributed by atoms with Crippen LogP contribution in [0, 0.1) is 0 Å². The van der Waals surface area contributed by atoms with E-state index in [2.05, 4.69) is 4.72 Å². The summed E-state index contributed by atoms with van der Waals surface area (Å²) in [6.07, 6.45) is 1.96. The van der Waals surface area contributed by atoms with Crippen LogP contribution in [-0.2, 0) is 6.54 Å². The van der Waals surface area contributed by atoms with Crippen molar-refractivity contribution >= 4 is 29.2 Å². The Bertz CT molecular complexity index is 265. The van der Waals surface area contributed by atoms with E-state index in [4.69, 9.17) is 17.3 Å². The fourth-order valence-electron chi connectivity index (χ4n) is 0.894. The summed E-state index contributed by atoms with van der Waals surface area (Å²) in [5, 5.41) is 0.719. The predicted octanol–water partition coefficient (Wildman–Crippen LogP) is 2.49. The summed E-state index contributed by atoms with van der Waals surface area (Å²) < 4.78 is 3.09. The smallest absolute Gasteiger partial charge is 0.0471 e. The molecule has 4 heteroatoms. The van der Waals surface area contributed by atoms with Gasteiger partial charge in [-0.2, -0.15) is 0 Å². The second-order valence-corrected chi connectivity index (χ2v) is 3.34. The van der Waals surface area contributed by atoms with Gasteiger partial charge in [-0.25, -0.2) is 0 Å². The molecule has 0 aliphatic carbocycles. The molecule has 0 radical (unpaired) electrons. The van der Waals surface area contributed by atoms with Gasteiger partial charge in [0.1, 0.15) is 0 Å². The van der Waals surface area contributed by atoms with Crippen molar-refractivity contribution < 1.29 is 0 Å². The van der Waals surface area contributed by atoms with Gasteiger partial charge in [-0.3, -0.25) is 0 Å². The van der Waals surface area contributed by atoms with Crippen molar-refractivity contribution in [3.63, 3.8) is 0 Å². The highest BCUT2D eigenvalue weighted by molar-refractivity contribution is 7.99. The maximum absolute atomic E-state index is 5.94. The predicted molar refractivity (Wildman–Crippen MR) is 56.5 cm³/mol. The van der Waals surface area contributed by atoms with Gasteiger partial charge in [-0.1, -0.05) is 29.6 Å². The Balaban J connectivity index is 2.86. The maximum Gasteiger partial charge on any atom is 0.0471 e. The Hall–Kier alpha value is -0.380. The molecule has 1 aromatic rings. The Morgan fingerprint density at radius 1 is 1.58 bits per heavy atom. The van der Waals surface area contributed by atoms with Crippen molar-refractivity contribution in [2.45, 2.75) is 6.54 Å². The molecule has 0 unspecified atom stereocenters. The summed E-state index contributed by atoms with van der Waals surface area (Å²) in [5.74, 6) is 0. The molecule has 0 bridgehead atoms. The van der Waals surface area contributed by atoms with E-state index in [1.165, 1.54) is 11.9 Å². The molecular weight excluding hydrogens is 192 g/mol. The lowest BCUT2D eigenvalue weighted by Gasteiger charge is -2.05. The van der Waals surface area contributed by atoms with E-state index in [-0.39, 0.29) is 0 Å². The third kappa shape index (κ3) is 2.30. The number of anilines is 1. The van der Waals surface area contributed by atoms with E-state index in [1.54, 1.807) is 0 Å². The molecule has 0 spiro atoms. The number of nitrogens with two attached hydrogens (primary N) is 1. The topological polar surface area (TPSA) is 38.0 Å². The number of rotatable bonds is 3. The SMILES string of the molecule is CSNc1ccc(CN)c(Cl)c1. The van der Waals surface area contributed by atoms with Crippen molar-refractivity contribution in [1.82, 2.24) is 0 Å². The molecule has 0 aliphatic rings. The first-order valence-corrected chi connectivity index (χ1v) is 5.15. The minimum absolute atomic E-state index is 0.485. The third-order valence-corrected chi connectivity index (χ3v) is 2.28. The van der Waals surface area contributed by atoms with E-state index < -0.39 is 0 Å². The minimum atomic E-state index is 0.485. The molecule has 12 heavy (non-hydrogen) atoms. The lowest BCUT2D eigenvalue weighted by Crippen LogP contribution is -1.97. The largest absolute Gasteiger partial charge is 0.330 e. The minimum Gasteiger partial charge on any atom is -0.330 e. The Labute approximate surface area is 81.6 Å². The van der Waals surface area contributed by atoms with Crippen LogP contribution in [0.2, 0.25) is 5.02 Å². The van der Waals surface area contributed by atoms with Crippen LogP contribution in [-0.4, -0.2) is 6.26 Å². The zero-order valence-corrected chi connectivity index (χ0v) is 8.38. The summed E-state index contributed by atoms with van der Waals surface area (Å²) in [6, 6.07) is 5.77. The number of halogens is 1. The monoisotopic (exact) mass is 202 g/mol. The van der Waals surface area contributed by atoms with Gasteiger partial charge in [0.25, 0.3) is 0 Å². The highest BCUT2D eigenvalue weighted by Crippen LogP contribution is 2.21. The van der Waals surface area contributed by atoms with Crippen LogP contribution in [0.1, 0.15) is 5.56 Å². The summed E-state index contributed by atoms with van der Waals surface area (Å²) in [6.45, 7) is 0.485. The van der Waals surface area contributed by atoms with Gasteiger partial charge in [-0.15, -0.1) is 0 Å². The Morgan fingerprint density at radius 2 is 2.33 bits per heavy atom. The summed E-state index contributed by atoms with van der Waals surface area (Å²) in [5.41, 5.74) is 7.44. The van der Waals surface area contributed by atoms with E-state index in [0.29, 0.717) is 6.54 Å². The molecule has 3 N–H and O–H groups in total. The van der Waals surface area contributed by atoms with E-state index >= 15 is 0 Å². The number of nitrogens with one attached hydrogen (secondary N) is 1. The lowest BCUT2D eigenvalue weighted by atomic mass is 10.2. The van der Waals surface area contributed by atoms with Crippen molar-refractivity contribution in [2.75, 3.05) is 11.0 Å². The molecule has 0 fully saturated rings. The highest BCUT2D eigenvalue weighted by Gasteiger charge is 1.98. The number of hydrogen-bond donors (Lipinski definition) is 2. The van der Waals surface area contributed by atoms with Gasteiger partial charge in [0, 0.05) is 23.5 Å². The van der Waals surface area contributed by atoms with Crippen LogP contribution in [0.15, 0.2) is 18.2 Å². The van der Waals surface area contributed by atoms with Crippen molar-refractivity contribution in [3.8, 4) is 0 Å². The molecule has 1 rings (SSSR count). The summed E-state index contributed by atoms with van der Waals surface area (Å²) in [7, 11) is 0. The normalized spacial score (nSPS) is 9.92. The van der Waals surface area contributed by atoms with Crippen LogP contribution in [0.25, 0.3) is 0 Å². The first-order chi connectivity index (χ1) is 5.77. The lowest BCUT2D eigenvalue weighted by molar-refractivity contribution is 1.07. The highest BCUT2D eigenvalue weighted by atomic mass is 35.5. The molecule has 66 valence electrons. The molecule has 0 heterocycles. The average molecular weight is 203 g/mol. The molecule has 1 aromatic carbocycles.